The van der Waals surface area contributed by atoms with E-state index < -0.39 is 61.2 Å². The molecule has 41 heavy (non-hydrogen) atoms. The lowest BCUT2D eigenvalue weighted by molar-refractivity contribution is -0.288. The largest absolute Gasteiger partial charge is 0.507 e. The van der Waals surface area contributed by atoms with Gasteiger partial charge in [-0.15, -0.1) is 0 Å². The molecule has 1 heterocycles. The summed E-state index contributed by atoms with van der Waals surface area (Å²) in [6, 6.07) is 11.1. The van der Waals surface area contributed by atoms with Crippen LogP contribution in [-0.2, 0) is 49.3 Å². The summed E-state index contributed by atoms with van der Waals surface area (Å²) in [5.41, 5.74) is 0.789. The normalized spacial score (nSPS) is 21.7. The second-order valence-corrected chi connectivity index (χ2v) is 10.0. The number of carbonyl (C=O) groups excluding carboxylic acids is 5. The van der Waals surface area contributed by atoms with E-state index in [0.717, 1.165) is 37.7 Å². The number of carbonyl (C=O) groups is 5. The topological polar surface area (TPSA) is 161 Å². The van der Waals surface area contributed by atoms with Crippen LogP contribution >= 0.6 is 15.9 Å². The number of Topliss-reactive ketones (excluding diaryl/α,β-unsaturated/α-hetero) is 1. The third-order valence-corrected chi connectivity index (χ3v) is 6.28. The van der Waals surface area contributed by atoms with Gasteiger partial charge in [-0.05, 0) is 29.8 Å². The second-order valence-electron chi connectivity index (χ2n) is 9.09. The zero-order chi connectivity index (χ0) is 30.3. The van der Waals surface area contributed by atoms with Gasteiger partial charge in [0.1, 0.15) is 24.2 Å². The molecule has 220 valence electrons. The number of hydrogen-bond donors (Lipinski definition) is 1. The molecule has 0 unspecified atom stereocenters. The van der Waals surface area contributed by atoms with Gasteiger partial charge in [-0.25, -0.2) is 0 Å². The zero-order valence-corrected chi connectivity index (χ0v) is 24.2. The summed E-state index contributed by atoms with van der Waals surface area (Å²) in [7, 11) is 0. The first-order chi connectivity index (χ1) is 19.3. The molecule has 0 aliphatic carbocycles. The Hall–Kier alpha value is -3.97. The lowest BCUT2D eigenvalue weighted by Gasteiger charge is -2.43. The van der Waals surface area contributed by atoms with Crippen molar-refractivity contribution in [1.29, 1.82) is 0 Å². The lowest BCUT2D eigenvalue weighted by atomic mass is 9.98. The molecule has 3 rings (SSSR count). The fourth-order valence-corrected chi connectivity index (χ4v) is 4.39. The van der Waals surface area contributed by atoms with Crippen molar-refractivity contribution in [3.63, 3.8) is 0 Å². The number of aromatic hydroxyl groups is 1. The second kappa shape index (κ2) is 14.1. The third-order valence-electron chi connectivity index (χ3n) is 5.75. The van der Waals surface area contributed by atoms with E-state index in [1.54, 1.807) is 24.3 Å². The SMILES string of the molecule is CC(=O)OC[C@H]1O[C@@H](Oc2ccc(C(=O)Cc3ccc(Br)cc3)c(O)c2)[C@@H](OC(C)=O)[C@@H](OC(C)=O)[C@H]1OC(C)=O. The highest BCUT2D eigenvalue weighted by Crippen LogP contribution is 2.33. The van der Waals surface area contributed by atoms with Crippen molar-refractivity contribution in [2.45, 2.75) is 64.8 Å². The van der Waals surface area contributed by atoms with Crippen LogP contribution in [-0.4, -0.2) is 72.1 Å². The van der Waals surface area contributed by atoms with Crippen LogP contribution < -0.4 is 4.74 Å². The summed E-state index contributed by atoms with van der Waals surface area (Å²) in [4.78, 5) is 60.1. The van der Waals surface area contributed by atoms with Crippen molar-refractivity contribution in [2.24, 2.45) is 0 Å². The quantitative estimate of drug-likeness (QED) is 0.231. The van der Waals surface area contributed by atoms with Crippen LogP contribution in [0.15, 0.2) is 46.9 Å². The molecule has 0 saturated carbocycles. The molecule has 2 aromatic carbocycles. The van der Waals surface area contributed by atoms with E-state index in [1.165, 1.54) is 18.2 Å². The van der Waals surface area contributed by atoms with Gasteiger partial charge in [-0.1, -0.05) is 28.1 Å². The molecule has 0 aromatic heterocycles. The van der Waals surface area contributed by atoms with Gasteiger partial charge in [0.25, 0.3) is 0 Å². The number of ether oxygens (including phenoxy) is 6. The Morgan fingerprint density at radius 3 is 1.95 bits per heavy atom. The number of hydrogen-bond acceptors (Lipinski definition) is 12. The Balaban J connectivity index is 1.90. The van der Waals surface area contributed by atoms with Gasteiger partial charge in [0.15, 0.2) is 18.0 Å². The minimum atomic E-state index is -1.49. The van der Waals surface area contributed by atoms with E-state index in [1.807, 2.05) is 0 Å². The molecule has 1 saturated heterocycles. The molecule has 12 nitrogen and oxygen atoms in total. The first-order valence-electron chi connectivity index (χ1n) is 12.4. The number of benzene rings is 2. The van der Waals surface area contributed by atoms with E-state index in [9.17, 15) is 29.1 Å². The maximum absolute atomic E-state index is 12.8. The lowest BCUT2D eigenvalue weighted by Crippen LogP contribution is -2.63. The summed E-state index contributed by atoms with van der Waals surface area (Å²) in [5, 5.41) is 10.6. The number of halogens is 1. The first-order valence-corrected chi connectivity index (χ1v) is 13.2. The van der Waals surface area contributed by atoms with Gasteiger partial charge >= 0.3 is 23.9 Å². The van der Waals surface area contributed by atoms with Crippen molar-refractivity contribution in [1.82, 2.24) is 0 Å². The summed E-state index contributed by atoms with van der Waals surface area (Å²) in [5.74, 6) is -3.73. The fourth-order valence-electron chi connectivity index (χ4n) is 4.12. The van der Waals surface area contributed by atoms with Crippen LogP contribution in [0.25, 0.3) is 0 Å². The maximum Gasteiger partial charge on any atom is 0.303 e. The van der Waals surface area contributed by atoms with Gasteiger partial charge in [0.05, 0.1) is 5.56 Å². The Morgan fingerprint density at radius 1 is 0.805 bits per heavy atom. The number of phenols is 1. The smallest absolute Gasteiger partial charge is 0.303 e. The molecule has 1 fully saturated rings. The van der Waals surface area contributed by atoms with E-state index in [4.69, 9.17) is 28.4 Å². The van der Waals surface area contributed by atoms with Crippen LogP contribution in [0.4, 0.5) is 0 Å². The van der Waals surface area contributed by atoms with E-state index in [0.29, 0.717) is 0 Å². The highest BCUT2D eigenvalue weighted by molar-refractivity contribution is 9.10. The number of ketones is 1. The molecule has 1 N–H and O–H groups in total. The highest BCUT2D eigenvalue weighted by Gasteiger charge is 2.53. The van der Waals surface area contributed by atoms with Crippen LogP contribution in [0, 0.1) is 0 Å². The predicted molar refractivity (Wildman–Crippen MR) is 143 cm³/mol. The van der Waals surface area contributed by atoms with Crippen molar-refractivity contribution in [3.05, 3.63) is 58.1 Å². The molecule has 2 aromatic rings. The van der Waals surface area contributed by atoms with Crippen molar-refractivity contribution >= 4 is 45.6 Å². The third kappa shape index (κ3) is 9.02. The molecule has 0 amide bonds. The first kappa shape index (κ1) is 31.6. The van der Waals surface area contributed by atoms with Crippen LogP contribution in [0.3, 0.4) is 0 Å². The summed E-state index contributed by atoms with van der Waals surface area (Å²) < 4.78 is 33.7. The van der Waals surface area contributed by atoms with Gasteiger partial charge in [0.2, 0.25) is 12.4 Å². The van der Waals surface area contributed by atoms with Gasteiger partial charge in [0, 0.05) is 44.7 Å². The minimum Gasteiger partial charge on any atom is -0.507 e. The Kier molecular flexibility index (Phi) is 10.8. The molecular weight excluding hydrogens is 608 g/mol. The molecule has 1 aliphatic rings. The summed E-state index contributed by atoms with van der Waals surface area (Å²) in [6.45, 7) is 4.05. The monoisotopic (exact) mass is 636 g/mol. The standard InChI is InChI=1S/C28H29BrO12/c1-14(30)36-13-24-25(37-15(2)31)26(38-16(3)32)27(39-17(4)33)28(41-24)40-20-9-10-21(23(35)12-20)22(34)11-18-5-7-19(29)8-6-18/h5-10,12,24-28,35H,11,13H2,1-4H3/t24-,25+,26+,27+,28-/m1/s1. The number of phenolic OH excluding ortho intramolecular Hbond substituents is 1. The Bertz CT molecular complexity index is 1290. The van der Waals surface area contributed by atoms with Crippen molar-refractivity contribution < 1.29 is 57.5 Å². The molecule has 1 aliphatic heterocycles. The summed E-state index contributed by atoms with van der Waals surface area (Å²) >= 11 is 3.34. The van der Waals surface area contributed by atoms with Crippen LogP contribution in [0.1, 0.15) is 43.6 Å². The maximum atomic E-state index is 12.8. The molecule has 5 atom stereocenters. The average Bonchev–Trinajstić information content (AvgIpc) is 2.87. The number of esters is 4. The zero-order valence-electron chi connectivity index (χ0n) is 22.7. The Morgan fingerprint density at radius 2 is 1.39 bits per heavy atom. The molecule has 0 bridgehead atoms. The minimum absolute atomic E-state index is 0.00333. The Labute approximate surface area is 243 Å². The van der Waals surface area contributed by atoms with Crippen LogP contribution in [0.2, 0.25) is 0 Å². The fraction of sp³-hybridized carbons (Fsp3) is 0.393. The van der Waals surface area contributed by atoms with Gasteiger partial charge < -0.3 is 33.5 Å². The van der Waals surface area contributed by atoms with E-state index >= 15 is 0 Å². The predicted octanol–water partition coefficient (Wildman–Crippen LogP) is 3.04. The molecule has 0 spiro atoms. The molecular formula is C28H29BrO12. The van der Waals surface area contributed by atoms with E-state index in [-0.39, 0.29) is 29.3 Å². The number of rotatable bonds is 10. The summed E-state index contributed by atoms with van der Waals surface area (Å²) in [6.07, 6.45) is -6.86. The molecule has 13 heteroatoms. The van der Waals surface area contributed by atoms with E-state index in [2.05, 4.69) is 15.9 Å². The van der Waals surface area contributed by atoms with Gasteiger partial charge in [-0.2, -0.15) is 0 Å². The highest BCUT2D eigenvalue weighted by atomic mass is 79.9. The molecule has 0 radical (unpaired) electrons. The van der Waals surface area contributed by atoms with Crippen molar-refractivity contribution in [2.75, 3.05) is 6.61 Å². The van der Waals surface area contributed by atoms with Gasteiger partial charge in [-0.3, -0.25) is 24.0 Å². The van der Waals surface area contributed by atoms with Crippen LogP contribution in [0.5, 0.6) is 11.5 Å². The van der Waals surface area contributed by atoms with Crippen molar-refractivity contribution in [3.8, 4) is 11.5 Å². The average molecular weight is 637 g/mol.